The molecule has 5 aliphatic rings. The molecule has 174 valence electrons. The maximum atomic E-state index is 13.0. The Morgan fingerprint density at radius 1 is 1.19 bits per heavy atom. The molecule has 0 radical (unpaired) electrons. The van der Waals surface area contributed by atoms with Crippen molar-refractivity contribution < 1.29 is 19.0 Å². The number of carbonyl (C=O) groups excluding carboxylic acids is 1. The highest BCUT2D eigenvalue weighted by atomic mass is 16.6. The fourth-order valence-electron chi connectivity index (χ4n) is 7.44. The predicted octanol–water partition coefficient (Wildman–Crippen LogP) is 3.34. The van der Waals surface area contributed by atoms with Gasteiger partial charge in [0.1, 0.15) is 11.9 Å². The molecule has 6 atom stereocenters. The monoisotopic (exact) mass is 440 g/mol. The first-order valence-electron chi connectivity index (χ1n) is 12.5. The van der Waals surface area contributed by atoms with Crippen LogP contribution in [-0.2, 0) is 14.3 Å². The molecule has 1 aromatic carbocycles. The number of hydrogen-bond acceptors (Lipinski definition) is 6. The fourth-order valence-corrected chi connectivity index (χ4v) is 7.44. The molecule has 0 unspecified atom stereocenters. The van der Waals surface area contributed by atoms with Crippen LogP contribution in [0.1, 0.15) is 39.0 Å². The number of anilines is 1. The number of hydrogen-bond donors (Lipinski definition) is 0. The van der Waals surface area contributed by atoms with Crippen LogP contribution in [0.4, 0.5) is 5.69 Å². The third-order valence-corrected chi connectivity index (χ3v) is 9.32. The van der Waals surface area contributed by atoms with E-state index in [1.807, 2.05) is 12.1 Å². The van der Waals surface area contributed by atoms with Crippen LogP contribution in [0, 0.1) is 23.2 Å². The average Bonchev–Trinajstić information content (AvgIpc) is 3.51. The van der Waals surface area contributed by atoms with Gasteiger partial charge in [-0.3, -0.25) is 9.69 Å². The summed E-state index contributed by atoms with van der Waals surface area (Å²) in [5.41, 5.74) is 1.60. The molecule has 0 bridgehead atoms. The molecule has 2 aliphatic carbocycles. The van der Waals surface area contributed by atoms with E-state index >= 15 is 0 Å². The lowest BCUT2D eigenvalue weighted by atomic mass is 9.53. The summed E-state index contributed by atoms with van der Waals surface area (Å²) in [6.45, 7) is 8.09. The van der Waals surface area contributed by atoms with Gasteiger partial charge in [-0.25, -0.2) is 0 Å². The molecule has 6 nitrogen and oxygen atoms in total. The minimum Gasteiger partial charge on any atom is -0.497 e. The van der Waals surface area contributed by atoms with Gasteiger partial charge in [0.05, 0.1) is 25.2 Å². The minimum absolute atomic E-state index is 0.0191. The second-order valence-electron chi connectivity index (χ2n) is 11.1. The molecule has 1 spiro atoms. The number of nitrogens with zero attached hydrogens (tertiary/aromatic N) is 2. The molecule has 5 fully saturated rings. The molecule has 2 saturated carbocycles. The molecule has 6 heteroatoms. The van der Waals surface area contributed by atoms with Gasteiger partial charge in [-0.15, -0.1) is 0 Å². The SMILES string of the molecule is COc1cccc(N2CCN(C[C@H]3C(=O)O[C@@H]4C[C@@]5(C)CCC[C@]6(CO6)[C@@H]5C[C@@H]43)CC2)c1. The first-order chi connectivity index (χ1) is 15.5. The van der Waals surface area contributed by atoms with Crippen molar-refractivity contribution >= 4 is 11.7 Å². The minimum atomic E-state index is 0.0191. The average molecular weight is 441 g/mol. The number of benzene rings is 1. The molecule has 0 N–H and O–H groups in total. The Labute approximate surface area is 191 Å². The zero-order chi connectivity index (χ0) is 21.9. The van der Waals surface area contributed by atoms with Gasteiger partial charge >= 0.3 is 5.97 Å². The Kier molecular flexibility index (Phi) is 4.95. The van der Waals surface area contributed by atoms with Crippen LogP contribution in [0.5, 0.6) is 5.75 Å². The highest BCUT2D eigenvalue weighted by molar-refractivity contribution is 5.75. The number of methoxy groups -OCH3 is 1. The largest absolute Gasteiger partial charge is 0.497 e. The van der Waals surface area contributed by atoms with Crippen molar-refractivity contribution in [3.63, 3.8) is 0 Å². The lowest BCUT2D eigenvalue weighted by molar-refractivity contribution is -0.147. The van der Waals surface area contributed by atoms with E-state index in [1.54, 1.807) is 7.11 Å². The fraction of sp³-hybridized carbons (Fsp3) is 0.731. The summed E-state index contributed by atoms with van der Waals surface area (Å²) in [4.78, 5) is 17.8. The number of carbonyl (C=O) groups is 1. The molecule has 0 amide bonds. The molecule has 6 rings (SSSR count). The van der Waals surface area contributed by atoms with Crippen LogP contribution < -0.4 is 9.64 Å². The number of epoxide rings is 1. The molecule has 0 aromatic heterocycles. The zero-order valence-corrected chi connectivity index (χ0v) is 19.4. The number of rotatable bonds is 4. The van der Waals surface area contributed by atoms with E-state index in [9.17, 15) is 4.79 Å². The summed E-state index contributed by atoms with van der Waals surface area (Å²) in [6.07, 6.45) is 5.94. The van der Waals surface area contributed by atoms with Crippen LogP contribution in [0.25, 0.3) is 0 Å². The second-order valence-corrected chi connectivity index (χ2v) is 11.1. The van der Waals surface area contributed by atoms with Crippen molar-refractivity contribution in [2.45, 2.75) is 50.7 Å². The topological polar surface area (TPSA) is 54.5 Å². The summed E-state index contributed by atoms with van der Waals surface area (Å²) in [5.74, 6) is 1.91. The van der Waals surface area contributed by atoms with Crippen LogP contribution in [-0.4, -0.2) is 69.0 Å². The van der Waals surface area contributed by atoms with Crippen molar-refractivity contribution in [2.24, 2.45) is 23.2 Å². The van der Waals surface area contributed by atoms with E-state index in [-0.39, 0.29) is 29.0 Å². The molecule has 32 heavy (non-hydrogen) atoms. The first-order valence-corrected chi connectivity index (χ1v) is 12.5. The molecule has 3 aliphatic heterocycles. The van der Waals surface area contributed by atoms with Crippen molar-refractivity contribution in [1.29, 1.82) is 0 Å². The third kappa shape index (κ3) is 3.41. The normalized spacial score (nSPS) is 41.2. The van der Waals surface area contributed by atoms with Gasteiger partial charge in [0.15, 0.2) is 0 Å². The highest BCUT2D eigenvalue weighted by Crippen LogP contribution is 2.62. The summed E-state index contributed by atoms with van der Waals surface area (Å²) < 4.78 is 17.4. The molecule has 1 aromatic rings. The quantitative estimate of drug-likeness (QED) is 0.529. The molecule has 3 saturated heterocycles. The van der Waals surface area contributed by atoms with E-state index < -0.39 is 0 Å². The van der Waals surface area contributed by atoms with Crippen molar-refractivity contribution in [2.75, 3.05) is 51.3 Å². The Hall–Kier alpha value is -1.79. The Morgan fingerprint density at radius 3 is 2.75 bits per heavy atom. The smallest absolute Gasteiger partial charge is 0.310 e. The third-order valence-electron chi connectivity index (χ3n) is 9.32. The molecular weight excluding hydrogens is 404 g/mol. The van der Waals surface area contributed by atoms with E-state index in [4.69, 9.17) is 14.2 Å². The Bertz CT molecular complexity index is 878. The van der Waals surface area contributed by atoms with Crippen LogP contribution in [0.3, 0.4) is 0 Å². The maximum absolute atomic E-state index is 13.0. The standard InChI is InChI=1S/C26H36N2O4/c1-25-7-4-8-26(17-31-26)23(25)14-20-21(24(29)32-22(20)15-25)16-27-9-11-28(12-10-27)18-5-3-6-19(13-18)30-2/h3,5-6,13,20-23H,4,7-12,14-17H2,1-2H3/t20-,21-,22-,23-,25-,26+/m1/s1. The van der Waals surface area contributed by atoms with Crippen molar-refractivity contribution in [1.82, 2.24) is 4.90 Å². The van der Waals surface area contributed by atoms with Crippen molar-refractivity contribution in [3.05, 3.63) is 24.3 Å². The van der Waals surface area contributed by atoms with Gasteiger partial charge in [-0.05, 0) is 55.6 Å². The summed E-state index contributed by atoms with van der Waals surface area (Å²) in [5, 5.41) is 0. The predicted molar refractivity (Wildman–Crippen MR) is 122 cm³/mol. The number of fused-ring (bicyclic) bond motifs is 3. The van der Waals surface area contributed by atoms with Crippen molar-refractivity contribution in [3.8, 4) is 5.75 Å². The summed E-state index contributed by atoms with van der Waals surface area (Å²) >= 11 is 0. The molecule has 3 heterocycles. The Balaban J connectivity index is 1.11. The summed E-state index contributed by atoms with van der Waals surface area (Å²) in [7, 11) is 1.71. The van der Waals surface area contributed by atoms with Gasteiger partial charge in [0.25, 0.3) is 0 Å². The van der Waals surface area contributed by atoms with E-state index in [2.05, 4.69) is 28.9 Å². The van der Waals surface area contributed by atoms with Gasteiger partial charge < -0.3 is 19.1 Å². The van der Waals surface area contributed by atoms with Crippen LogP contribution in [0.2, 0.25) is 0 Å². The van der Waals surface area contributed by atoms with Crippen LogP contribution in [0.15, 0.2) is 24.3 Å². The number of piperazine rings is 1. The maximum Gasteiger partial charge on any atom is 0.310 e. The lowest BCUT2D eigenvalue weighted by Gasteiger charge is -2.51. The van der Waals surface area contributed by atoms with E-state index in [0.29, 0.717) is 11.8 Å². The second kappa shape index (κ2) is 7.63. The molecular formula is C26H36N2O4. The summed E-state index contributed by atoms with van der Waals surface area (Å²) in [6, 6.07) is 8.29. The van der Waals surface area contributed by atoms with Gasteiger partial charge in [-0.2, -0.15) is 0 Å². The first kappa shape index (κ1) is 20.8. The number of esters is 1. The van der Waals surface area contributed by atoms with E-state index in [0.717, 1.165) is 57.9 Å². The number of ether oxygens (including phenoxy) is 3. The zero-order valence-electron chi connectivity index (χ0n) is 19.4. The van der Waals surface area contributed by atoms with Gasteiger partial charge in [-0.1, -0.05) is 13.0 Å². The lowest BCUT2D eigenvalue weighted by Crippen LogP contribution is -2.52. The highest BCUT2D eigenvalue weighted by Gasteiger charge is 2.65. The van der Waals surface area contributed by atoms with Crippen LogP contribution >= 0.6 is 0 Å². The van der Waals surface area contributed by atoms with E-state index in [1.165, 1.54) is 24.9 Å². The Morgan fingerprint density at radius 2 is 2.00 bits per heavy atom. The van der Waals surface area contributed by atoms with Gasteiger partial charge in [0.2, 0.25) is 0 Å². The van der Waals surface area contributed by atoms with Gasteiger partial charge in [0, 0.05) is 50.4 Å².